The first-order valence-corrected chi connectivity index (χ1v) is 4.68. The van der Waals surface area contributed by atoms with Gasteiger partial charge in [0.05, 0.1) is 5.52 Å². The molecule has 0 aliphatic carbocycles. The topological polar surface area (TPSA) is 71.3 Å². The summed E-state index contributed by atoms with van der Waals surface area (Å²) in [5, 5.41) is 9.29. The Morgan fingerprint density at radius 2 is 2.06 bits per heavy atom. The Bertz CT molecular complexity index is 616. The van der Waals surface area contributed by atoms with Crippen molar-refractivity contribution in [1.82, 2.24) is 10.0 Å². The van der Waals surface area contributed by atoms with Crippen LogP contribution in [0.25, 0.3) is 10.9 Å². The summed E-state index contributed by atoms with van der Waals surface area (Å²) in [5.74, 6) is -0.800. The third kappa shape index (κ3) is 1.47. The predicted octanol–water partition coefficient (Wildman–Crippen LogP) is 0.657. The molecule has 1 heterocycles. The van der Waals surface area contributed by atoms with Gasteiger partial charge in [-0.15, -0.1) is 0 Å². The van der Waals surface area contributed by atoms with Crippen LogP contribution in [0.15, 0.2) is 35.1 Å². The van der Waals surface area contributed by atoms with Crippen LogP contribution in [-0.4, -0.2) is 15.7 Å². The van der Waals surface area contributed by atoms with Gasteiger partial charge in [-0.1, -0.05) is 18.2 Å². The van der Waals surface area contributed by atoms with Crippen molar-refractivity contribution < 1.29 is 10.0 Å². The van der Waals surface area contributed by atoms with E-state index >= 15 is 0 Å². The van der Waals surface area contributed by atoms with Gasteiger partial charge in [0, 0.05) is 7.05 Å². The van der Waals surface area contributed by atoms with Crippen molar-refractivity contribution in [2.75, 3.05) is 0 Å². The van der Waals surface area contributed by atoms with Gasteiger partial charge >= 0.3 is 0 Å². The molecule has 1 aromatic heterocycles. The molecule has 0 fully saturated rings. The van der Waals surface area contributed by atoms with E-state index < -0.39 is 11.5 Å². The molecular weight excluding hydrogens is 208 g/mol. The fraction of sp³-hybridized carbons (Fsp3) is 0.0909. The quantitative estimate of drug-likeness (QED) is 0.545. The number of benzene rings is 1. The molecule has 2 aromatic rings. The van der Waals surface area contributed by atoms with Crippen LogP contribution in [0.2, 0.25) is 0 Å². The normalized spacial score (nSPS) is 10.4. The maximum Gasteiger partial charge on any atom is 0.280 e. The van der Waals surface area contributed by atoms with Crippen molar-refractivity contribution in [2.24, 2.45) is 7.05 Å². The van der Waals surface area contributed by atoms with Gasteiger partial charge in [-0.3, -0.25) is 14.8 Å². The molecule has 5 heteroatoms. The van der Waals surface area contributed by atoms with E-state index in [-0.39, 0.29) is 5.56 Å². The van der Waals surface area contributed by atoms with Crippen LogP contribution in [0.1, 0.15) is 10.4 Å². The van der Waals surface area contributed by atoms with E-state index in [0.29, 0.717) is 0 Å². The minimum absolute atomic E-state index is 0.0799. The number of para-hydroxylation sites is 1. The summed E-state index contributed by atoms with van der Waals surface area (Å²) in [6, 6.07) is 8.67. The van der Waals surface area contributed by atoms with Crippen molar-refractivity contribution in [3.63, 3.8) is 0 Å². The van der Waals surface area contributed by atoms with Gasteiger partial charge in [0.15, 0.2) is 0 Å². The Hall–Kier alpha value is -2.14. The van der Waals surface area contributed by atoms with Crippen LogP contribution in [0.3, 0.4) is 0 Å². The molecule has 0 radical (unpaired) electrons. The Morgan fingerprint density at radius 1 is 1.38 bits per heavy atom. The number of hydroxylamine groups is 1. The van der Waals surface area contributed by atoms with E-state index in [1.165, 1.54) is 16.1 Å². The largest absolute Gasteiger partial charge is 0.311 e. The van der Waals surface area contributed by atoms with Gasteiger partial charge in [-0.2, -0.15) is 0 Å². The molecule has 0 saturated heterocycles. The molecule has 0 spiro atoms. The predicted molar refractivity (Wildman–Crippen MR) is 58.4 cm³/mol. The fourth-order valence-corrected chi connectivity index (χ4v) is 1.65. The number of hydrogen-bond donors (Lipinski definition) is 2. The lowest BCUT2D eigenvalue weighted by Gasteiger charge is -2.06. The second-order valence-electron chi connectivity index (χ2n) is 3.42. The smallest absolute Gasteiger partial charge is 0.280 e. The molecule has 0 unspecified atom stereocenters. The number of rotatable bonds is 1. The number of pyridine rings is 1. The highest BCUT2D eigenvalue weighted by Crippen LogP contribution is 2.11. The molecule has 16 heavy (non-hydrogen) atoms. The molecule has 2 N–H and O–H groups in total. The minimum atomic E-state index is -0.800. The summed E-state index contributed by atoms with van der Waals surface area (Å²) in [5.41, 5.74) is 1.68. The lowest BCUT2D eigenvalue weighted by atomic mass is 10.1. The first kappa shape index (κ1) is 10.4. The van der Waals surface area contributed by atoms with Gasteiger partial charge in [-0.05, 0) is 17.5 Å². The number of hydrogen-bond acceptors (Lipinski definition) is 3. The van der Waals surface area contributed by atoms with Crippen LogP contribution in [0.4, 0.5) is 0 Å². The highest BCUT2D eigenvalue weighted by atomic mass is 16.5. The molecule has 1 amide bonds. The SMILES string of the molecule is Cn1c(=O)c(C(=O)NO)cc2ccccc21. The number of carbonyl (C=O) groups is 1. The highest BCUT2D eigenvalue weighted by Gasteiger charge is 2.12. The van der Waals surface area contributed by atoms with Crippen LogP contribution in [0.5, 0.6) is 0 Å². The molecule has 82 valence electrons. The van der Waals surface area contributed by atoms with Crippen LogP contribution in [0, 0.1) is 0 Å². The Kier molecular flexibility index (Phi) is 2.46. The first-order valence-electron chi connectivity index (χ1n) is 4.68. The average molecular weight is 218 g/mol. The maximum absolute atomic E-state index is 11.8. The summed E-state index contributed by atoms with van der Waals surface area (Å²) in [7, 11) is 1.58. The Morgan fingerprint density at radius 3 is 2.75 bits per heavy atom. The second kappa shape index (κ2) is 3.79. The van der Waals surface area contributed by atoms with E-state index in [0.717, 1.165) is 10.9 Å². The molecule has 0 bridgehead atoms. The van der Waals surface area contributed by atoms with Crippen LogP contribution >= 0.6 is 0 Å². The number of amides is 1. The zero-order valence-electron chi connectivity index (χ0n) is 8.60. The molecular formula is C11H10N2O3. The molecule has 1 aromatic carbocycles. The maximum atomic E-state index is 11.8. The first-order chi connectivity index (χ1) is 7.65. The van der Waals surface area contributed by atoms with Gasteiger partial charge in [0.1, 0.15) is 5.56 Å². The third-order valence-corrected chi connectivity index (χ3v) is 2.48. The lowest BCUT2D eigenvalue weighted by Crippen LogP contribution is -2.30. The lowest BCUT2D eigenvalue weighted by molar-refractivity contribution is 0.0704. The minimum Gasteiger partial charge on any atom is -0.311 e. The molecule has 0 aliphatic heterocycles. The van der Waals surface area contributed by atoms with Gasteiger partial charge in [0.2, 0.25) is 0 Å². The van der Waals surface area contributed by atoms with Crippen LogP contribution in [-0.2, 0) is 7.05 Å². The molecule has 0 aliphatic rings. The number of aryl methyl sites for hydroxylation is 1. The van der Waals surface area contributed by atoms with Crippen molar-refractivity contribution >= 4 is 16.8 Å². The van der Waals surface area contributed by atoms with Gasteiger partial charge < -0.3 is 4.57 Å². The van der Waals surface area contributed by atoms with Crippen molar-refractivity contribution in [2.45, 2.75) is 0 Å². The molecule has 5 nitrogen and oxygen atoms in total. The monoisotopic (exact) mass is 218 g/mol. The van der Waals surface area contributed by atoms with E-state index in [4.69, 9.17) is 5.21 Å². The summed E-state index contributed by atoms with van der Waals surface area (Å²) in [4.78, 5) is 23.0. The summed E-state index contributed by atoms with van der Waals surface area (Å²) in [6.45, 7) is 0. The zero-order valence-corrected chi connectivity index (χ0v) is 8.60. The second-order valence-corrected chi connectivity index (χ2v) is 3.42. The van der Waals surface area contributed by atoms with Crippen LogP contribution < -0.4 is 11.0 Å². The number of carbonyl (C=O) groups excluding carboxylic acids is 1. The Balaban J connectivity index is 2.84. The third-order valence-electron chi connectivity index (χ3n) is 2.48. The summed E-state index contributed by atoms with van der Waals surface area (Å²) < 4.78 is 1.37. The highest BCUT2D eigenvalue weighted by molar-refractivity contribution is 5.96. The summed E-state index contributed by atoms with van der Waals surface area (Å²) >= 11 is 0. The molecule has 0 saturated carbocycles. The summed E-state index contributed by atoms with van der Waals surface area (Å²) in [6.07, 6.45) is 0. The Labute approximate surface area is 90.9 Å². The number of nitrogens with zero attached hydrogens (tertiary/aromatic N) is 1. The number of fused-ring (bicyclic) bond motifs is 1. The van der Waals surface area contributed by atoms with Gasteiger partial charge in [0.25, 0.3) is 11.5 Å². The van der Waals surface area contributed by atoms with E-state index in [1.807, 2.05) is 12.1 Å². The van der Waals surface area contributed by atoms with E-state index in [2.05, 4.69) is 0 Å². The van der Waals surface area contributed by atoms with E-state index in [9.17, 15) is 9.59 Å². The zero-order chi connectivity index (χ0) is 11.7. The standard InChI is InChI=1S/C11H10N2O3/c1-13-9-5-3-2-4-7(9)6-8(11(13)15)10(14)12-16/h2-6,16H,1H3,(H,12,14). The van der Waals surface area contributed by atoms with Crippen molar-refractivity contribution in [1.29, 1.82) is 0 Å². The van der Waals surface area contributed by atoms with E-state index in [1.54, 1.807) is 19.2 Å². The molecule has 0 atom stereocenters. The van der Waals surface area contributed by atoms with Crippen molar-refractivity contribution in [3.05, 3.63) is 46.2 Å². The molecule has 2 rings (SSSR count). The van der Waals surface area contributed by atoms with Crippen molar-refractivity contribution in [3.8, 4) is 0 Å². The average Bonchev–Trinajstić information content (AvgIpc) is 2.33. The number of aromatic nitrogens is 1. The fourth-order valence-electron chi connectivity index (χ4n) is 1.65. The van der Waals surface area contributed by atoms with Gasteiger partial charge in [-0.25, -0.2) is 5.48 Å². The number of nitrogens with one attached hydrogen (secondary N) is 1.